The van der Waals surface area contributed by atoms with Crippen LogP contribution in [0.3, 0.4) is 0 Å². The first-order chi connectivity index (χ1) is 9.31. The van der Waals surface area contributed by atoms with Crippen LogP contribution in [0.15, 0.2) is 36.7 Å². The van der Waals surface area contributed by atoms with Crippen molar-refractivity contribution in [2.24, 2.45) is 5.92 Å². The van der Waals surface area contributed by atoms with Crippen molar-refractivity contribution in [3.8, 4) is 5.69 Å². The molecule has 4 nitrogen and oxygen atoms in total. The Morgan fingerprint density at radius 2 is 2.05 bits per heavy atom. The van der Waals surface area contributed by atoms with Crippen LogP contribution in [0.2, 0.25) is 0 Å². The summed E-state index contributed by atoms with van der Waals surface area (Å²) in [6.45, 7) is 6.30. The molecule has 2 aromatic rings. The molecule has 0 aliphatic carbocycles. The zero-order valence-corrected chi connectivity index (χ0v) is 11.7. The third-order valence-corrected chi connectivity index (χ3v) is 3.45. The van der Waals surface area contributed by atoms with Crippen LogP contribution in [-0.2, 0) is 6.54 Å². The van der Waals surface area contributed by atoms with E-state index in [0.717, 1.165) is 30.5 Å². The molecule has 102 valence electrons. The van der Waals surface area contributed by atoms with Gasteiger partial charge in [-0.1, -0.05) is 38.5 Å². The van der Waals surface area contributed by atoms with Crippen molar-refractivity contribution >= 4 is 0 Å². The van der Waals surface area contributed by atoms with Crippen LogP contribution >= 0.6 is 0 Å². The van der Waals surface area contributed by atoms with E-state index in [2.05, 4.69) is 41.5 Å². The summed E-state index contributed by atoms with van der Waals surface area (Å²) in [5.41, 5.74) is 1.10. The minimum absolute atomic E-state index is 0.755. The molecular formula is C15H22N4. The predicted molar refractivity (Wildman–Crippen MR) is 77.1 cm³/mol. The lowest BCUT2D eigenvalue weighted by Crippen LogP contribution is -2.19. The van der Waals surface area contributed by atoms with Crippen LogP contribution in [0.4, 0.5) is 0 Å². The molecule has 1 unspecified atom stereocenters. The van der Waals surface area contributed by atoms with Gasteiger partial charge in [0.1, 0.15) is 6.33 Å². The van der Waals surface area contributed by atoms with Crippen LogP contribution in [-0.4, -0.2) is 21.3 Å². The zero-order chi connectivity index (χ0) is 13.5. The summed E-state index contributed by atoms with van der Waals surface area (Å²) in [5.74, 6) is 1.73. The first-order valence-electron chi connectivity index (χ1n) is 6.96. The summed E-state index contributed by atoms with van der Waals surface area (Å²) in [6, 6.07) is 10.2. The van der Waals surface area contributed by atoms with Gasteiger partial charge in [-0.25, -0.2) is 0 Å². The highest BCUT2D eigenvalue weighted by molar-refractivity contribution is 5.31. The Hall–Kier alpha value is -1.68. The SMILES string of the molecule is CCC(C)CCNCc1nncn1-c1ccccc1. The van der Waals surface area contributed by atoms with Gasteiger partial charge in [0, 0.05) is 5.69 Å². The average molecular weight is 258 g/mol. The third-order valence-electron chi connectivity index (χ3n) is 3.45. The van der Waals surface area contributed by atoms with E-state index in [1.165, 1.54) is 12.8 Å². The lowest BCUT2D eigenvalue weighted by atomic mass is 10.1. The fourth-order valence-corrected chi connectivity index (χ4v) is 1.94. The van der Waals surface area contributed by atoms with E-state index in [1.54, 1.807) is 6.33 Å². The largest absolute Gasteiger partial charge is 0.310 e. The molecule has 0 radical (unpaired) electrons. The van der Waals surface area contributed by atoms with Gasteiger partial charge in [0.05, 0.1) is 6.54 Å². The number of hydrogen-bond acceptors (Lipinski definition) is 3. The Morgan fingerprint density at radius 3 is 2.79 bits per heavy atom. The minimum Gasteiger partial charge on any atom is -0.310 e. The van der Waals surface area contributed by atoms with Gasteiger partial charge < -0.3 is 5.32 Å². The Morgan fingerprint density at radius 1 is 1.26 bits per heavy atom. The van der Waals surface area contributed by atoms with Gasteiger partial charge in [-0.15, -0.1) is 10.2 Å². The second-order valence-corrected chi connectivity index (χ2v) is 4.93. The number of nitrogens with one attached hydrogen (secondary N) is 1. The molecule has 0 saturated heterocycles. The molecule has 0 aliphatic rings. The van der Waals surface area contributed by atoms with Crippen LogP contribution in [0.1, 0.15) is 32.5 Å². The van der Waals surface area contributed by atoms with Gasteiger partial charge >= 0.3 is 0 Å². The van der Waals surface area contributed by atoms with Crippen molar-refractivity contribution in [2.45, 2.75) is 33.2 Å². The van der Waals surface area contributed by atoms with Crippen LogP contribution < -0.4 is 5.32 Å². The molecule has 1 heterocycles. The van der Waals surface area contributed by atoms with E-state index in [9.17, 15) is 0 Å². The van der Waals surface area contributed by atoms with Crippen molar-refractivity contribution in [1.82, 2.24) is 20.1 Å². The predicted octanol–water partition coefficient (Wildman–Crippen LogP) is 2.79. The molecule has 0 spiro atoms. The molecular weight excluding hydrogens is 236 g/mol. The molecule has 1 aromatic carbocycles. The maximum absolute atomic E-state index is 4.18. The molecule has 0 aliphatic heterocycles. The minimum atomic E-state index is 0.755. The van der Waals surface area contributed by atoms with E-state index < -0.39 is 0 Å². The van der Waals surface area contributed by atoms with Gasteiger partial charge in [0.15, 0.2) is 5.82 Å². The molecule has 4 heteroatoms. The Bertz CT molecular complexity index is 478. The topological polar surface area (TPSA) is 42.7 Å². The van der Waals surface area contributed by atoms with Crippen molar-refractivity contribution in [2.75, 3.05) is 6.54 Å². The summed E-state index contributed by atoms with van der Waals surface area (Å²) < 4.78 is 2.02. The van der Waals surface area contributed by atoms with Gasteiger partial charge in [0.2, 0.25) is 0 Å². The standard InChI is InChI=1S/C15H22N4/c1-3-13(2)9-10-16-11-15-18-17-12-19(15)14-7-5-4-6-8-14/h4-8,12-13,16H,3,9-11H2,1-2H3. The fourth-order valence-electron chi connectivity index (χ4n) is 1.94. The maximum Gasteiger partial charge on any atom is 0.151 e. The second-order valence-electron chi connectivity index (χ2n) is 4.93. The monoisotopic (exact) mass is 258 g/mol. The highest BCUT2D eigenvalue weighted by atomic mass is 15.3. The van der Waals surface area contributed by atoms with E-state index in [-0.39, 0.29) is 0 Å². The van der Waals surface area contributed by atoms with E-state index >= 15 is 0 Å². The normalized spacial score (nSPS) is 12.5. The van der Waals surface area contributed by atoms with Gasteiger partial charge in [-0.2, -0.15) is 0 Å². The number of aromatic nitrogens is 3. The summed E-state index contributed by atoms with van der Waals surface area (Å²) in [5, 5.41) is 11.6. The highest BCUT2D eigenvalue weighted by Gasteiger charge is 2.05. The molecule has 1 N–H and O–H groups in total. The average Bonchev–Trinajstić information content (AvgIpc) is 2.92. The molecule has 19 heavy (non-hydrogen) atoms. The van der Waals surface area contributed by atoms with Gasteiger partial charge in [-0.05, 0) is 31.0 Å². The Kier molecular flexibility index (Phi) is 5.10. The number of hydrogen-bond donors (Lipinski definition) is 1. The summed E-state index contributed by atoms with van der Waals surface area (Å²) in [7, 11) is 0. The molecule has 0 amide bonds. The fraction of sp³-hybridized carbons (Fsp3) is 0.467. The summed E-state index contributed by atoms with van der Waals surface area (Å²) >= 11 is 0. The van der Waals surface area contributed by atoms with Gasteiger partial charge in [-0.3, -0.25) is 4.57 Å². The van der Waals surface area contributed by atoms with Crippen LogP contribution in [0.25, 0.3) is 5.69 Å². The molecule has 0 bridgehead atoms. The van der Waals surface area contributed by atoms with Gasteiger partial charge in [0.25, 0.3) is 0 Å². The van der Waals surface area contributed by atoms with Crippen molar-refractivity contribution in [3.63, 3.8) is 0 Å². The number of rotatable bonds is 7. The smallest absolute Gasteiger partial charge is 0.151 e. The molecule has 0 saturated carbocycles. The quantitative estimate of drug-likeness (QED) is 0.777. The summed E-state index contributed by atoms with van der Waals surface area (Å²) in [6.07, 6.45) is 4.21. The molecule has 1 aromatic heterocycles. The number of para-hydroxylation sites is 1. The highest BCUT2D eigenvalue weighted by Crippen LogP contribution is 2.09. The first-order valence-corrected chi connectivity index (χ1v) is 6.96. The van der Waals surface area contributed by atoms with Crippen molar-refractivity contribution < 1.29 is 0 Å². The van der Waals surface area contributed by atoms with Crippen LogP contribution in [0, 0.1) is 5.92 Å². The second kappa shape index (κ2) is 7.04. The Balaban J connectivity index is 1.90. The van der Waals surface area contributed by atoms with Crippen molar-refractivity contribution in [1.29, 1.82) is 0 Å². The summed E-state index contributed by atoms with van der Waals surface area (Å²) in [4.78, 5) is 0. The molecule has 1 atom stereocenters. The third kappa shape index (κ3) is 3.89. The van der Waals surface area contributed by atoms with E-state index in [0.29, 0.717) is 0 Å². The van der Waals surface area contributed by atoms with Crippen molar-refractivity contribution in [3.05, 3.63) is 42.5 Å². The molecule has 0 fully saturated rings. The lowest BCUT2D eigenvalue weighted by molar-refractivity contribution is 0.483. The van der Waals surface area contributed by atoms with Crippen LogP contribution in [0.5, 0.6) is 0 Å². The maximum atomic E-state index is 4.18. The zero-order valence-electron chi connectivity index (χ0n) is 11.7. The lowest BCUT2D eigenvalue weighted by Gasteiger charge is -2.10. The van der Waals surface area contributed by atoms with E-state index in [4.69, 9.17) is 0 Å². The first kappa shape index (κ1) is 13.7. The van der Waals surface area contributed by atoms with E-state index in [1.807, 2.05) is 22.8 Å². The Labute approximate surface area is 114 Å². The number of benzene rings is 1. The number of nitrogens with zero attached hydrogens (tertiary/aromatic N) is 3. The molecule has 2 rings (SSSR count).